The predicted molar refractivity (Wildman–Crippen MR) is 56.1 cm³/mol. The summed E-state index contributed by atoms with van der Waals surface area (Å²) in [6, 6.07) is 0.491. The van der Waals surface area contributed by atoms with Crippen LogP contribution in [0.3, 0.4) is 0 Å². The number of nitrogens with two attached hydrogens (primary N) is 1. The summed E-state index contributed by atoms with van der Waals surface area (Å²) in [7, 11) is -3.36. The molecule has 1 rings (SSSR count). The third-order valence-electron chi connectivity index (χ3n) is 1.87. The molecule has 0 heterocycles. The van der Waals surface area contributed by atoms with Gasteiger partial charge < -0.3 is 5.32 Å². The molecule has 3 N–H and O–H groups in total. The summed E-state index contributed by atoms with van der Waals surface area (Å²) >= 11 is 5.52. The van der Waals surface area contributed by atoms with E-state index in [2.05, 4.69) is 10.5 Å². The minimum absolute atomic E-state index is 0.491. The highest BCUT2D eigenvalue weighted by atomic mass is 35.5. The summed E-state index contributed by atoms with van der Waals surface area (Å²) in [5.41, 5.74) is -0.517. The van der Waals surface area contributed by atoms with E-state index in [4.69, 9.17) is 11.6 Å². The minimum atomic E-state index is -4.58. The van der Waals surface area contributed by atoms with Crippen molar-refractivity contribution in [2.24, 2.45) is 5.14 Å². The fourth-order valence-electron chi connectivity index (χ4n) is 1.13. The molecule has 0 fully saturated rings. The van der Waals surface area contributed by atoms with Crippen molar-refractivity contribution in [2.75, 3.05) is 7.05 Å². The minimum Gasteiger partial charge on any atom is -0.355 e. The quantitative estimate of drug-likeness (QED) is 0.781. The van der Waals surface area contributed by atoms with Gasteiger partial charge in [-0.2, -0.15) is 0 Å². The molecule has 0 atom stereocenters. The van der Waals surface area contributed by atoms with E-state index in [1.165, 1.54) is 7.05 Å². The van der Waals surface area contributed by atoms with Gasteiger partial charge in [-0.05, 0) is 6.07 Å². The van der Waals surface area contributed by atoms with Crippen LogP contribution >= 0.6 is 11.6 Å². The van der Waals surface area contributed by atoms with Gasteiger partial charge in [0.05, 0.1) is 10.6 Å². The number of benzene rings is 1. The van der Waals surface area contributed by atoms with Gasteiger partial charge in [0.2, 0.25) is 10.0 Å². The summed E-state index contributed by atoms with van der Waals surface area (Å²) in [5, 5.41) is 6.03. The van der Waals surface area contributed by atoms with Crippen LogP contribution in [0.5, 0.6) is 0 Å². The number of amides is 1. The average molecular weight is 285 g/mol. The number of hydrogen-bond donors (Lipinski definition) is 2. The Kier molecular flexibility index (Phi) is 3.70. The molecule has 1 amide bonds. The molecule has 0 spiro atoms. The number of rotatable bonds is 2. The fourth-order valence-corrected chi connectivity index (χ4v) is 2.38. The summed E-state index contributed by atoms with van der Waals surface area (Å²) in [6.07, 6.45) is 0. The van der Waals surface area contributed by atoms with Crippen LogP contribution in [0, 0.1) is 11.6 Å². The highest BCUT2D eigenvalue weighted by Gasteiger charge is 2.27. The Balaban J connectivity index is 3.73. The van der Waals surface area contributed by atoms with Gasteiger partial charge in [0.1, 0.15) is 4.90 Å². The molecule has 0 radical (unpaired) electrons. The number of sulfonamides is 1. The van der Waals surface area contributed by atoms with Gasteiger partial charge in [-0.1, -0.05) is 11.6 Å². The number of carbonyl (C=O) groups excluding carboxylic acids is 1. The van der Waals surface area contributed by atoms with Crippen LogP contribution in [0.15, 0.2) is 11.0 Å². The Morgan fingerprint density at radius 3 is 2.41 bits per heavy atom. The first-order valence-electron chi connectivity index (χ1n) is 4.12. The molecule has 0 aliphatic carbocycles. The summed E-state index contributed by atoms with van der Waals surface area (Å²) in [6.45, 7) is 0. The number of hydrogen-bond acceptors (Lipinski definition) is 3. The number of halogens is 3. The molecule has 9 heteroatoms. The first kappa shape index (κ1) is 13.8. The van der Waals surface area contributed by atoms with E-state index in [0.717, 1.165) is 0 Å². The monoisotopic (exact) mass is 284 g/mol. The van der Waals surface area contributed by atoms with E-state index in [1.807, 2.05) is 0 Å². The van der Waals surface area contributed by atoms with Crippen LogP contribution < -0.4 is 10.5 Å². The van der Waals surface area contributed by atoms with E-state index >= 15 is 0 Å². The van der Waals surface area contributed by atoms with Crippen molar-refractivity contribution in [2.45, 2.75) is 4.90 Å². The van der Waals surface area contributed by atoms with Crippen LogP contribution in [0.1, 0.15) is 10.4 Å². The Bertz CT molecular complexity index is 589. The lowest BCUT2D eigenvalue weighted by atomic mass is 10.2. The normalized spacial score (nSPS) is 11.4. The second-order valence-electron chi connectivity index (χ2n) is 2.99. The lowest BCUT2D eigenvalue weighted by Gasteiger charge is -2.09. The van der Waals surface area contributed by atoms with Crippen LogP contribution in [-0.4, -0.2) is 21.4 Å². The summed E-state index contributed by atoms with van der Waals surface area (Å²) in [4.78, 5) is 10.0. The van der Waals surface area contributed by atoms with Crippen molar-refractivity contribution >= 4 is 27.5 Å². The van der Waals surface area contributed by atoms with Gasteiger partial charge >= 0.3 is 0 Å². The zero-order chi connectivity index (χ0) is 13.4. The predicted octanol–water partition coefficient (Wildman–Crippen LogP) is 0.625. The Morgan fingerprint density at radius 1 is 1.47 bits per heavy atom. The first-order valence-corrected chi connectivity index (χ1v) is 6.05. The van der Waals surface area contributed by atoms with E-state index < -0.39 is 43.0 Å². The number of carbonyl (C=O) groups is 1. The zero-order valence-corrected chi connectivity index (χ0v) is 9.99. The molecule has 0 aliphatic heterocycles. The molecule has 1 aromatic rings. The highest BCUT2D eigenvalue weighted by Crippen LogP contribution is 2.29. The summed E-state index contributed by atoms with van der Waals surface area (Å²) < 4.78 is 48.5. The van der Waals surface area contributed by atoms with Gasteiger partial charge in [0, 0.05) is 7.05 Å². The first-order chi connectivity index (χ1) is 7.70. The molecule has 5 nitrogen and oxygen atoms in total. The average Bonchev–Trinajstić information content (AvgIpc) is 2.20. The zero-order valence-electron chi connectivity index (χ0n) is 8.42. The van der Waals surface area contributed by atoms with Crippen LogP contribution in [0.4, 0.5) is 8.78 Å². The Morgan fingerprint density at radius 2 is 2.00 bits per heavy atom. The maximum atomic E-state index is 13.3. The molecule has 0 bridgehead atoms. The van der Waals surface area contributed by atoms with Crippen molar-refractivity contribution in [3.05, 3.63) is 28.3 Å². The SMILES string of the molecule is CNC(=O)c1cc(F)c(F)c(S(N)(=O)=O)c1Cl. The third kappa shape index (κ3) is 2.54. The second-order valence-corrected chi connectivity index (χ2v) is 4.86. The van der Waals surface area contributed by atoms with Gasteiger partial charge in [0.25, 0.3) is 5.91 Å². The van der Waals surface area contributed by atoms with Crippen molar-refractivity contribution < 1.29 is 22.0 Å². The second kappa shape index (κ2) is 4.55. The largest absolute Gasteiger partial charge is 0.355 e. The van der Waals surface area contributed by atoms with Crippen LogP contribution in [0.25, 0.3) is 0 Å². The van der Waals surface area contributed by atoms with Gasteiger partial charge in [-0.3, -0.25) is 4.79 Å². The topological polar surface area (TPSA) is 89.3 Å². The highest BCUT2D eigenvalue weighted by molar-refractivity contribution is 7.89. The van der Waals surface area contributed by atoms with Crippen molar-refractivity contribution in [3.8, 4) is 0 Å². The molecule has 0 saturated heterocycles. The molecule has 0 saturated carbocycles. The summed E-state index contributed by atoms with van der Waals surface area (Å²) in [5.74, 6) is -4.11. The number of primary sulfonamides is 1. The maximum Gasteiger partial charge on any atom is 0.252 e. The molecule has 17 heavy (non-hydrogen) atoms. The molecule has 0 aliphatic rings. The maximum absolute atomic E-state index is 13.3. The standard InChI is InChI=1S/C8H7ClF2N2O3S/c1-13-8(14)3-2-4(10)6(11)7(5(3)9)17(12,15)16/h2H,1H3,(H,13,14)(H2,12,15,16). The van der Waals surface area contributed by atoms with Crippen LogP contribution in [-0.2, 0) is 10.0 Å². The smallest absolute Gasteiger partial charge is 0.252 e. The van der Waals surface area contributed by atoms with Gasteiger partial charge in [0.15, 0.2) is 11.6 Å². The van der Waals surface area contributed by atoms with Gasteiger partial charge in [-0.25, -0.2) is 22.3 Å². The Hall–Kier alpha value is -1.25. The Labute approximate surface area is 101 Å². The third-order valence-corrected chi connectivity index (χ3v) is 3.33. The fraction of sp³-hybridized carbons (Fsp3) is 0.125. The van der Waals surface area contributed by atoms with Crippen LogP contribution in [0.2, 0.25) is 5.02 Å². The van der Waals surface area contributed by atoms with E-state index in [9.17, 15) is 22.0 Å². The van der Waals surface area contributed by atoms with Crippen molar-refractivity contribution in [3.63, 3.8) is 0 Å². The number of nitrogens with one attached hydrogen (secondary N) is 1. The van der Waals surface area contributed by atoms with Crippen molar-refractivity contribution in [1.29, 1.82) is 0 Å². The van der Waals surface area contributed by atoms with Crippen molar-refractivity contribution in [1.82, 2.24) is 5.32 Å². The lowest BCUT2D eigenvalue weighted by Crippen LogP contribution is -2.22. The lowest BCUT2D eigenvalue weighted by molar-refractivity contribution is 0.0962. The van der Waals surface area contributed by atoms with E-state index in [0.29, 0.717) is 6.07 Å². The van der Waals surface area contributed by atoms with Gasteiger partial charge in [-0.15, -0.1) is 0 Å². The molecule has 0 unspecified atom stereocenters. The molecule has 0 aromatic heterocycles. The van der Waals surface area contributed by atoms with E-state index in [1.54, 1.807) is 0 Å². The molecular formula is C8H7ClF2N2O3S. The van der Waals surface area contributed by atoms with E-state index in [-0.39, 0.29) is 0 Å². The molecular weight excluding hydrogens is 278 g/mol. The molecule has 94 valence electrons. The molecule has 1 aromatic carbocycles.